The summed E-state index contributed by atoms with van der Waals surface area (Å²) in [5, 5.41) is 11.8. The van der Waals surface area contributed by atoms with E-state index in [9.17, 15) is 0 Å². The van der Waals surface area contributed by atoms with Gasteiger partial charge in [-0.15, -0.1) is 22.7 Å². The average Bonchev–Trinajstić information content (AvgIpc) is 4.06. The molecule has 0 atom stereocenters. The average molecular weight is 845 g/mol. The molecular weight excluding hydrogens is 805 g/mol. The smallest absolute Gasteiger partial charge is 0.0777 e. The van der Waals surface area contributed by atoms with Gasteiger partial charge >= 0.3 is 0 Å². The molecule has 0 saturated heterocycles. The van der Waals surface area contributed by atoms with Crippen LogP contribution in [0.25, 0.3) is 118 Å². The standard InChI is InChI=1S/C57H40N2S2Si/c1-62(2,3)39-33-37(58-50-22-8-4-14-42(50)48-30-35(26-28-52(48)58)40-18-12-20-46-44-16-6-10-24-54(44)60-56(40)46)32-38(34-39)59-51-23-9-5-15-43(51)49-31-36(27-29-53(49)59)41-19-13-21-47-45-17-7-11-25-55(45)61-57(41)47/h4-34H,1-3H3. The van der Waals surface area contributed by atoms with E-state index in [2.05, 4.69) is 217 Å². The van der Waals surface area contributed by atoms with Crippen LogP contribution >= 0.6 is 22.7 Å². The van der Waals surface area contributed by atoms with Crippen LogP contribution in [0.4, 0.5) is 0 Å². The molecule has 9 aromatic carbocycles. The highest BCUT2D eigenvalue weighted by Gasteiger charge is 2.23. The third-order valence-electron chi connectivity index (χ3n) is 13.1. The van der Waals surface area contributed by atoms with Crippen LogP contribution in [0.2, 0.25) is 19.6 Å². The van der Waals surface area contributed by atoms with Crippen LogP contribution in [0.5, 0.6) is 0 Å². The number of fused-ring (bicyclic) bond motifs is 12. The SMILES string of the molecule is C[Si](C)(C)c1cc(-n2c3ccccc3c3cc(-c4cccc5c4sc4ccccc45)ccc32)cc(-n2c3ccccc3c3cc(-c4cccc5c4sc4ccccc45)ccc32)c1. The molecule has 0 N–H and O–H groups in total. The fraction of sp³-hybridized carbons (Fsp3) is 0.0526. The Morgan fingerprint density at radius 2 is 0.742 bits per heavy atom. The van der Waals surface area contributed by atoms with Crippen molar-refractivity contribution in [2.24, 2.45) is 0 Å². The summed E-state index contributed by atoms with van der Waals surface area (Å²) in [6.07, 6.45) is 0. The third-order valence-corrected chi connectivity index (χ3v) is 17.5. The number of hydrogen-bond donors (Lipinski definition) is 0. The van der Waals surface area contributed by atoms with Gasteiger partial charge in [-0.1, -0.05) is 146 Å². The molecule has 62 heavy (non-hydrogen) atoms. The normalized spacial score (nSPS) is 12.4. The van der Waals surface area contributed by atoms with Crippen LogP contribution in [0.3, 0.4) is 0 Å². The van der Waals surface area contributed by atoms with Crippen molar-refractivity contribution < 1.29 is 0 Å². The Balaban J connectivity index is 1.02. The van der Waals surface area contributed by atoms with Crippen LogP contribution in [-0.4, -0.2) is 17.2 Å². The molecule has 0 aliphatic heterocycles. The zero-order chi connectivity index (χ0) is 41.3. The second-order valence-corrected chi connectivity index (χ2v) is 24.9. The van der Waals surface area contributed by atoms with E-state index in [4.69, 9.17) is 0 Å². The minimum absolute atomic E-state index is 1.20. The monoisotopic (exact) mass is 844 g/mol. The maximum atomic E-state index is 2.51. The molecule has 13 rings (SSSR count). The van der Waals surface area contributed by atoms with Gasteiger partial charge in [0.1, 0.15) is 0 Å². The van der Waals surface area contributed by atoms with Crippen molar-refractivity contribution in [1.29, 1.82) is 0 Å². The number of benzene rings is 9. The first-order valence-electron chi connectivity index (χ1n) is 21.4. The van der Waals surface area contributed by atoms with Gasteiger partial charge in [0.25, 0.3) is 0 Å². The van der Waals surface area contributed by atoms with Crippen LogP contribution in [0.1, 0.15) is 0 Å². The van der Waals surface area contributed by atoms with Crippen LogP contribution < -0.4 is 5.19 Å². The van der Waals surface area contributed by atoms with Crippen molar-refractivity contribution >= 4 is 120 Å². The fourth-order valence-corrected chi connectivity index (χ4v) is 13.7. The third kappa shape index (κ3) is 5.32. The molecule has 0 amide bonds. The lowest BCUT2D eigenvalue weighted by Gasteiger charge is -2.21. The maximum Gasteiger partial charge on any atom is 0.0777 e. The van der Waals surface area contributed by atoms with Gasteiger partial charge < -0.3 is 9.13 Å². The molecular formula is C57H40N2S2Si. The van der Waals surface area contributed by atoms with Gasteiger partial charge in [0.15, 0.2) is 0 Å². The Kier molecular flexibility index (Phi) is 7.75. The van der Waals surface area contributed by atoms with E-state index in [1.165, 1.54) is 123 Å². The molecule has 0 aliphatic carbocycles. The minimum atomic E-state index is -1.80. The van der Waals surface area contributed by atoms with Gasteiger partial charge in [-0.3, -0.25) is 0 Å². The molecule has 5 heteroatoms. The molecule has 4 heterocycles. The number of hydrogen-bond acceptors (Lipinski definition) is 2. The summed E-state index contributed by atoms with van der Waals surface area (Å²) in [6.45, 7) is 7.40. The van der Waals surface area contributed by atoms with Crippen LogP contribution in [0.15, 0.2) is 188 Å². The van der Waals surface area contributed by atoms with Crippen molar-refractivity contribution in [3.63, 3.8) is 0 Å². The summed E-state index contributed by atoms with van der Waals surface area (Å²) < 4.78 is 10.4. The molecule has 294 valence electrons. The maximum absolute atomic E-state index is 2.51. The summed E-state index contributed by atoms with van der Waals surface area (Å²) in [5.41, 5.74) is 12.4. The zero-order valence-electron chi connectivity index (χ0n) is 34.6. The fourth-order valence-electron chi connectivity index (χ4n) is 10.1. The largest absolute Gasteiger partial charge is 0.309 e. The number of aromatic nitrogens is 2. The Morgan fingerprint density at radius 1 is 0.339 bits per heavy atom. The Bertz CT molecular complexity index is 3730. The lowest BCUT2D eigenvalue weighted by Crippen LogP contribution is -2.38. The lowest BCUT2D eigenvalue weighted by atomic mass is 10.0. The topological polar surface area (TPSA) is 9.86 Å². The predicted molar refractivity (Wildman–Crippen MR) is 275 cm³/mol. The molecule has 0 radical (unpaired) electrons. The van der Waals surface area contributed by atoms with Gasteiger partial charge in [-0.05, 0) is 89.0 Å². The molecule has 0 spiro atoms. The van der Waals surface area contributed by atoms with E-state index in [1.54, 1.807) is 0 Å². The Hall–Kier alpha value is -6.76. The lowest BCUT2D eigenvalue weighted by molar-refractivity contribution is 1.14. The number of para-hydroxylation sites is 2. The van der Waals surface area contributed by atoms with E-state index in [1.807, 2.05) is 22.7 Å². The highest BCUT2D eigenvalue weighted by Crippen LogP contribution is 2.44. The van der Waals surface area contributed by atoms with E-state index >= 15 is 0 Å². The highest BCUT2D eigenvalue weighted by molar-refractivity contribution is 7.26. The van der Waals surface area contributed by atoms with Crippen molar-refractivity contribution in [1.82, 2.24) is 9.13 Å². The minimum Gasteiger partial charge on any atom is -0.309 e. The number of thiophene rings is 2. The second kappa shape index (κ2) is 13.4. The van der Waals surface area contributed by atoms with E-state index in [-0.39, 0.29) is 0 Å². The van der Waals surface area contributed by atoms with Gasteiger partial charge in [-0.2, -0.15) is 0 Å². The quantitative estimate of drug-likeness (QED) is 0.153. The molecule has 4 aromatic heterocycles. The number of rotatable bonds is 5. The van der Waals surface area contributed by atoms with Gasteiger partial charge in [-0.25, -0.2) is 0 Å². The second-order valence-electron chi connectivity index (χ2n) is 17.7. The van der Waals surface area contributed by atoms with Gasteiger partial charge in [0, 0.05) is 73.3 Å². The molecule has 0 unspecified atom stereocenters. The van der Waals surface area contributed by atoms with Crippen molar-refractivity contribution in [2.45, 2.75) is 19.6 Å². The predicted octanol–water partition coefficient (Wildman–Crippen LogP) is 16.5. The summed E-state index contributed by atoms with van der Waals surface area (Å²) in [5.74, 6) is 0. The first-order chi connectivity index (χ1) is 30.4. The first-order valence-corrected chi connectivity index (χ1v) is 26.5. The van der Waals surface area contributed by atoms with Crippen LogP contribution in [0, 0.1) is 0 Å². The van der Waals surface area contributed by atoms with Crippen LogP contribution in [-0.2, 0) is 0 Å². The zero-order valence-corrected chi connectivity index (χ0v) is 37.2. The molecule has 0 saturated carbocycles. The molecule has 2 nitrogen and oxygen atoms in total. The van der Waals surface area contributed by atoms with Crippen molar-refractivity contribution in [3.05, 3.63) is 188 Å². The summed E-state index contributed by atoms with van der Waals surface area (Å²) in [6, 6.07) is 70.7. The summed E-state index contributed by atoms with van der Waals surface area (Å²) in [7, 11) is -1.80. The van der Waals surface area contributed by atoms with Gasteiger partial charge in [0.2, 0.25) is 0 Å². The van der Waals surface area contributed by atoms with E-state index < -0.39 is 8.07 Å². The van der Waals surface area contributed by atoms with E-state index in [0.29, 0.717) is 0 Å². The highest BCUT2D eigenvalue weighted by atomic mass is 32.1. The summed E-state index contributed by atoms with van der Waals surface area (Å²) in [4.78, 5) is 0. The molecule has 0 fully saturated rings. The van der Waals surface area contributed by atoms with Crippen molar-refractivity contribution in [2.75, 3.05) is 0 Å². The molecule has 13 aromatic rings. The summed E-state index contributed by atoms with van der Waals surface area (Å²) >= 11 is 3.79. The Morgan fingerprint density at radius 3 is 1.21 bits per heavy atom. The van der Waals surface area contributed by atoms with E-state index in [0.717, 1.165) is 0 Å². The Labute approximate surface area is 368 Å². The van der Waals surface area contributed by atoms with Gasteiger partial charge in [0.05, 0.1) is 30.1 Å². The first kappa shape index (κ1) is 35.9. The molecule has 0 bridgehead atoms. The number of nitrogens with zero attached hydrogens (tertiary/aromatic N) is 2. The molecule has 0 aliphatic rings. The van der Waals surface area contributed by atoms with Crippen molar-refractivity contribution in [3.8, 4) is 33.6 Å².